The number of thiophene rings is 1. The number of aliphatic imine (C=N–C) groups is 1. The number of nitrogens with zero attached hydrogens (tertiary/aromatic N) is 2. The van der Waals surface area contributed by atoms with Crippen molar-refractivity contribution in [2.75, 3.05) is 52.5 Å². The summed E-state index contributed by atoms with van der Waals surface area (Å²) in [6.07, 6.45) is 0. The minimum atomic E-state index is 0. The molecular formula is C23H35IN4O2S. The van der Waals surface area contributed by atoms with Crippen LogP contribution in [0.15, 0.2) is 46.8 Å². The van der Waals surface area contributed by atoms with Crippen LogP contribution >= 0.6 is 35.3 Å². The van der Waals surface area contributed by atoms with Gasteiger partial charge in [-0.3, -0.25) is 4.90 Å². The summed E-state index contributed by atoms with van der Waals surface area (Å²) in [6, 6.07) is 12.5. The van der Waals surface area contributed by atoms with Crippen LogP contribution in [0, 0.1) is 0 Å². The third kappa shape index (κ3) is 9.34. The van der Waals surface area contributed by atoms with E-state index in [1.54, 1.807) is 11.3 Å². The zero-order valence-electron chi connectivity index (χ0n) is 18.5. The van der Waals surface area contributed by atoms with Crippen LogP contribution in [0.2, 0.25) is 0 Å². The van der Waals surface area contributed by atoms with Crippen molar-refractivity contribution in [1.29, 1.82) is 0 Å². The minimum Gasteiger partial charge on any atom is -0.492 e. The van der Waals surface area contributed by atoms with Crippen molar-refractivity contribution >= 4 is 41.3 Å². The van der Waals surface area contributed by atoms with E-state index in [0.29, 0.717) is 19.1 Å². The van der Waals surface area contributed by atoms with Gasteiger partial charge in [-0.05, 0) is 36.1 Å². The Balaban J connectivity index is 0.00000341. The lowest BCUT2D eigenvalue weighted by atomic mass is 10.1. The molecule has 1 aliphatic heterocycles. The quantitative estimate of drug-likeness (QED) is 0.263. The van der Waals surface area contributed by atoms with Crippen molar-refractivity contribution in [2.45, 2.75) is 26.3 Å². The first-order valence-electron chi connectivity index (χ1n) is 10.8. The number of hydrogen-bond donors (Lipinski definition) is 2. The molecule has 1 aromatic carbocycles. The molecule has 31 heavy (non-hydrogen) atoms. The maximum atomic E-state index is 5.96. The highest BCUT2D eigenvalue weighted by molar-refractivity contribution is 14.0. The Kier molecular flexibility index (Phi) is 12.2. The molecule has 8 heteroatoms. The lowest BCUT2D eigenvalue weighted by molar-refractivity contribution is 0.0322. The normalized spacial score (nSPS) is 15.7. The summed E-state index contributed by atoms with van der Waals surface area (Å²) in [7, 11) is 0. The highest BCUT2D eigenvalue weighted by atomic mass is 127. The van der Waals surface area contributed by atoms with Gasteiger partial charge in [0.15, 0.2) is 5.96 Å². The Hall–Kier alpha value is -1.36. The molecule has 6 nitrogen and oxygen atoms in total. The van der Waals surface area contributed by atoms with Crippen LogP contribution in [0.25, 0.3) is 0 Å². The van der Waals surface area contributed by atoms with Gasteiger partial charge in [0.05, 0.1) is 19.8 Å². The molecule has 1 aliphatic rings. The van der Waals surface area contributed by atoms with Gasteiger partial charge >= 0.3 is 0 Å². The average molecular weight is 559 g/mol. The number of morpholine rings is 1. The van der Waals surface area contributed by atoms with E-state index >= 15 is 0 Å². The average Bonchev–Trinajstić information content (AvgIpc) is 3.32. The second-order valence-corrected chi connectivity index (χ2v) is 8.42. The van der Waals surface area contributed by atoms with Crippen LogP contribution in [-0.2, 0) is 11.3 Å². The summed E-state index contributed by atoms with van der Waals surface area (Å²) < 4.78 is 11.4. The molecule has 0 bridgehead atoms. The third-order valence-electron chi connectivity index (χ3n) is 5.05. The molecule has 0 radical (unpaired) electrons. The Morgan fingerprint density at radius 2 is 2.06 bits per heavy atom. The van der Waals surface area contributed by atoms with Crippen molar-refractivity contribution in [1.82, 2.24) is 15.5 Å². The predicted octanol–water partition coefficient (Wildman–Crippen LogP) is 3.94. The molecule has 2 heterocycles. The maximum Gasteiger partial charge on any atom is 0.191 e. The van der Waals surface area contributed by atoms with Crippen LogP contribution in [0.3, 0.4) is 0 Å². The number of hydrogen-bond acceptors (Lipinski definition) is 5. The number of ether oxygens (including phenoxy) is 2. The van der Waals surface area contributed by atoms with Crippen molar-refractivity contribution in [2.24, 2.45) is 4.99 Å². The fourth-order valence-electron chi connectivity index (χ4n) is 3.29. The van der Waals surface area contributed by atoms with Crippen LogP contribution < -0.4 is 15.4 Å². The summed E-state index contributed by atoms with van der Waals surface area (Å²) in [5, 5.41) is 8.92. The highest BCUT2D eigenvalue weighted by Gasteiger charge is 2.10. The molecule has 1 saturated heterocycles. The molecular weight excluding hydrogens is 523 g/mol. The van der Waals surface area contributed by atoms with E-state index in [9.17, 15) is 0 Å². The van der Waals surface area contributed by atoms with Crippen molar-refractivity contribution in [3.63, 3.8) is 0 Å². The van der Waals surface area contributed by atoms with Crippen LogP contribution in [0.1, 0.15) is 30.2 Å². The van der Waals surface area contributed by atoms with E-state index in [1.807, 2.05) is 12.1 Å². The molecule has 1 unspecified atom stereocenters. The van der Waals surface area contributed by atoms with E-state index in [0.717, 1.165) is 63.2 Å². The van der Waals surface area contributed by atoms with Crippen molar-refractivity contribution in [3.05, 3.63) is 52.2 Å². The van der Waals surface area contributed by atoms with Gasteiger partial charge in [-0.2, -0.15) is 0 Å². The first-order chi connectivity index (χ1) is 14.7. The van der Waals surface area contributed by atoms with Crippen LogP contribution in [0.5, 0.6) is 5.75 Å². The van der Waals surface area contributed by atoms with Gasteiger partial charge in [-0.1, -0.05) is 25.1 Å². The molecule has 2 N–H and O–H groups in total. The second kappa shape index (κ2) is 14.7. The molecule has 2 aromatic rings. The van der Waals surface area contributed by atoms with Crippen LogP contribution in [0.4, 0.5) is 0 Å². The van der Waals surface area contributed by atoms with E-state index < -0.39 is 0 Å². The van der Waals surface area contributed by atoms with Crippen LogP contribution in [-0.4, -0.2) is 63.4 Å². The van der Waals surface area contributed by atoms with E-state index in [-0.39, 0.29) is 24.0 Å². The first-order valence-corrected chi connectivity index (χ1v) is 11.7. The Morgan fingerprint density at radius 1 is 1.23 bits per heavy atom. The third-order valence-corrected chi connectivity index (χ3v) is 6.15. The van der Waals surface area contributed by atoms with Crippen molar-refractivity contribution in [3.8, 4) is 5.75 Å². The molecule has 172 valence electrons. The SMILES string of the molecule is CCNC(=NCc1cccc(OCCN2CCOCC2)c1)NCC(C)c1cccs1.I. The molecule has 1 atom stereocenters. The lowest BCUT2D eigenvalue weighted by Crippen LogP contribution is -2.39. The summed E-state index contributed by atoms with van der Waals surface area (Å²) in [5.74, 6) is 2.21. The summed E-state index contributed by atoms with van der Waals surface area (Å²) in [4.78, 5) is 8.52. The Morgan fingerprint density at radius 3 is 2.81 bits per heavy atom. The zero-order chi connectivity index (χ0) is 21.0. The largest absolute Gasteiger partial charge is 0.492 e. The fraction of sp³-hybridized carbons (Fsp3) is 0.522. The van der Waals surface area contributed by atoms with E-state index in [2.05, 4.69) is 59.0 Å². The Labute approximate surface area is 207 Å². The van der Waals surface area contributed by atoms with Gasteiger partial charge < -0.3 is 20.1 Å². The molecule has 0 saturated carbocycles. The number of rotatable bonds is 10. The van der Waals surface area contributed by atoms with E-state index in [4.69, 9.17) is 14.5 Å². The van der Waals surface area contributed by atoms with Gasteiger partial charge in [0.1, 0.15) is 12.4 Å². The molecule has 0 aliphatic carbocycles. The number of benzene rings is 1. The fourth-order valence-corrected chi connectivity index (χ4v) is 4.07. The van der Waals surface area contributed by atoms with E-state index in [1.165, 1.54) is 4.88 Å². The van der Waals surface area contributed by atoms with Gasteiger partial charge in [-0.25, -0.2) is 4.99 Å². The topological polar surface area (TPSA) is 58.1 Å². The number of guanidine groups is 1. The lowest BCUT2D eigenvalue weighted by Gasteiger charge is -2.26. The molecule has 1 aromatic heterocycles. The van der Waals surface area contributed by atoms with Gasteiger partial charge in [-0.15, -0.1) is 35.3 Å². The minimum absolute atomic E-state index is 0. The molecule has 0 spiro atoms. The molecule has 3 rings (SSSR count). The van der Waals surface area contributed by atoms with Crippen molar-refractivity contribution < 1.29 is 9.47 Å². The summed E-state index contributed by atoms with van der Waals surface area (Å²) in [5.41, 5.74) is 1.14. The predicted molar refractivity (Wildman–Crippen MR) is 140 cm³/mol. The summed E-state index contributed by atoms with van der Waals surface area (Å²) >= 11 is 1.80. The smallest absolute Gasteiger partial charge is 0.191 e. The van der Waals surface area contributed by atoms with Gasteiger partial charge in [0.25, 0.3) is 0 Å². The first kappa shape index (κ1) is 25.9. The number of halogens is 1. The molecule has 0 amide bonds. The highest BCUT2D eigenvalue weighted by Crippen LogP contribution is 2.19. The standard InChI is InChI=1S/C23H34N4O2S.HI/c1-3-24-23(25-17-19(2)22-8-5-15-30-22)26-18-20-6-4-7-21(16-20)29-14-11-27-9-12-28-13-10-27;/h4-8,15-16,19H,3,9-14,17-18H2,1-2H3,(H2,24,25,26);1H. The second-order valence-electron chi connectivity index (χ2n) is 7.44. The van der Waals surface area contributed by atoms with Gasteiger partial charge in [0.2, 0.25) is 0 Å². The maximum absolute atomic E-state index is 5.96. The summed E-state index contributed by atoms with van der Waals surface area (Å²) in [6.45, 7) is 11.9. The van der Waals surface area contributed by atoms with Gasteiger partial charge in [0, 0.05) is 43.5 Å². The Bertz CT molecular complexity index is 767. The zero-order valence-corrected chi connectivity index (χ0v) is 21.7. The monoisotopic (exact) mass is 558 g/mol. The number of nitrogens with one attached hydrogen (secondary N) is 2. The molecule has 1 fully saturated rings.